The maximum absolute atomic E-state index is 12.6. The molecule has 0 aromatic heterocycles. The van der Waals surface area contributed by atoms with Gasteiger partial charge in [-0.05, 0) is 60.7 Å². The number of ether oxygens (including phenoxy) is 1. The molecule has 3 rings (SSSR count). The molecule has 9 heteroatoms. The first-order chi connectivity index (χ1) is 14.3. The summed E-state index contributed by atoms with van der Waals surface area (Å²) in [6.07, 6.45) is 0. The average Bonchev–Trinajstić information content (AvgIpc) is 2.73. The molecule has 1 amide bonds. The van der Waals surface area contributed by atoms with Crippen LogP contribution in [0.3, 0.4) is 0 Å². The molecule has 0 heterocycles. The third kappa shape index (κ3) is 5.25. The Kier molecular flexibility index (Phi) is 6.53. The molecule has 0 unspecified atom stereocenters. The Morgan fingerprint density at radius 3 is 2.13 bits per heavy atom. The van der Waals surface area contributed by atoms with E-state index in [0.29, 0.717) is 11.3 Å². The maximum atomic E-state index is 12.6. The highest BCUT2D eigenvalue weighted by molar-refractivity contribution is 9.10. The highest BCUT2D eigenvalue weighted by Crippen LogP contribution is 2.20. The number of anilines is 2. The summed E-state index contributed by atoms with van der Waals surface area (Å²) in [5.74, 6) is -0.975. The number of nitrogens with one attached hydrogen (secondary N) is 2. The largest absolute Gasteiger partial charge is 0.465 e. The number of halogens is 1. The van der Waals surface area contributed by atoms with Crippen LogP contribution in [0.1, 0.15) is 20.7 Å². The van der Waals surface area contributed by atoms with Crippen molar-refractivity contribution in [1.82, 2.24) is 0 Å². The van der Waals surface area contributed by atoms with Crippen molar-refractivity contribution in [2.24, 2.45) is 0 Å². The highest BCUT2D eigenvalue weighted by atomic mass is 79.9. The number of amides is 1. The average molecular weight is 489 g/mol. The van der Waals surface area contributed by atoms with Gasteiger partial charge in [0.2, 0.25) is 0 Å². The molecule has 0 spiro atoms. The third-order valence-corrected chi connectivity index (χ3v) is 5.97. The standard InChI is InChI=1S/C21H17BrN2O5S/c1-29-21(26)15-5-3-6-17(13-15)23-20(25)14-4-2-7-18(12-14)24-30(27,28)19-10-8-16(22)9-11-19/h2-13,24H,1H3,(H,23,25). The zero-order valence-electron chi connectivity index (χ0n) is 15.8. The smallest absolute Gasteiger partial charge is 0.337 e. The van der Waals surface area contributed by atoms with Gasteiger partial charge in [-0.25, -0.2) is 13.2 Å². The molecule has 0 aliphatic rings. The molecular formula is C21H17BrN2O5S. The van der Waals surface area contributed by atoms with Crippen LogP contribution in [0.25, 0.3) is 0 Å². The van der Waals surface area contributed by atoms with E-state index in [9.17, 15) is 18.0 Å². The van der Waals surface area contributed by atoms with E-state index in [1.807, 2.05) is 0 Å². The Labute approximate surface area is 182 Å². The van der Waals surface area contributed by atoms with E-state index < -0.39 is 21.9 Å². The van der Waals surface area contributed by atoms with Gasteiger partial charge >= 0.3 is 5.97 Å². The minimum absolute atomic E-state index is 0.0974. The number of rotatable bonds is 6. The number of hydrogen-bond donors (Lipinski definition) is 2. The molecule has 30 heavy (non-hydrogen) atoms. The quantitative estimate of drug-likeness (QED) is 0.503. The normalized spacial score (nSPS) is 10.9. The lowest BCUT2D eigenvalue weighted by Crippen LogP contribution is -2.15. The number of esters is 1. The molecule has 0 atom stereocenters. The van der Waals surface area contributed by atoms with Gasteiger partial charge in [-0.15, -0.1) is 0 Å². The summed E-state index contributed by atoms with van der Waals surface area (Å²) in [6.45, 7) is 0. The molecule has 0 saturated carbocycles. The fraction of sp³-hybridized carbons (Fsp3) is 0.0476. The summed E-state index contributed by atoms with van der Waals surface area (Å²) in [5.41, 5.74) is 1.19. The Hall–Kier alpha value is -3.17. The van der Waals surface area contributed by atoms with Crippen LogP contribution in [-0.2, 0) is 14.8 Å². The number of carbonyl (C=O) groups is 2. The Bertz CT molecular complexity index is 1190. The fourth-order valence-corrected chi connectivity index (χ4v) is 3.91. The molecule has 0 radical (unpaired) electrons. The van der Waals surface area contributed by atoms with Gasteiger partial charge in [0.25, 0.3) is 15.9 Å². The predicted octanol–water partition coefficient (Wildman–Crippen LogP) is 4.29. The first kappa shape index (κ1) is 21.5. The lowest BCUT2D eigenvalue weighted by molar-refractivity contribution is 0.0600. The molecule has 3 aromatic rings. The van der Waals surface area contributed by atoms with Crippen LogP contribution in [0.2, 0.25) is 0 Å². The molecule has 0 aliphatic heterocycles. The molecule has 0 saturated heterocycles. The van der Waals surface area contributed by atoms with Crippen molar-refractivity contribution in [3.05, 3.63) is 88.4 Å². The van der Waals surface area contributed by atoms with Crippen molar-refractivity contribution < 1.29 is 22.7 Å². The minimum Gasteiger partial charge on any atom is -0.465 e. The second-order valence-corrected chi connectivity index (χ2v) is 8.76. The van der Waals surface area contributed by atoms with E-state index in [4.69, 9.17) is 0 Å². The zero-order valence-corrected chi connectivity index (χ0v) is 18.2. The van der Waals surface area contributed by atoms with Crippen molar-refractivity contribution in [2.45, 2.75) is 4.90 Å². The number of sulfonamides is 1. The van der Waals surface area contributed by atoms with E-state index in [0.717, 1.165) is 4.47 Å². The summed E-state index contributed by atoms with van der Waals surface area (Å²) in [5, 5.41) is 2.68. The summed E-state index contributed by atoms with van der Waals surface area (Å²) in [7, 11) is -2.53. The van der Waals surface area contributed by atoms with Gasteiger partial charge in [-0.1, -0.05) is 28.1 Å². The Morgan fingerprint density at radius 2 is 1.47 bits per heavy atom. The van der Waals surface area contributed by atoms with E-state index in [1.165, 1.54) is 31.4 Å². The van der Waals surface area contributed by atoms with Gasteiger partial charge in [-0.2, -0.15) is 0 Å². The first-order valence-corrected chi connectivity index (χ1v) is 10.9. The van der Waals surface area contributed by atoms with E-state index in [1.54, 1.807) is 48.5 Å². The predicted molar refractivity (Wildman–Crippen MR) is 117 cm³/mol. The molecule has 7 nitrogen and oxygen atoms in total. The lowest BCUT2D eigenvalue weighted by atomic mass is 10.1. The molecule has 154 valence electrons. The maximum Gasteiger partial charge on any atom is 0.337 e. The third-order valence-electron chi connectivity index (χ3n) is 4.04. The minimum atomic E-state index is -3.80. The molecule has 0 bridgehead atoms. The van der Waals surface area contributed by atoms with Crippen LogP contribution in [0.5, 0.6) is 0 Å². The van der Waals surface area contributed by atoms with E-state index in [2.05, 4.69) is 30.7 Å². The molecule has 3 aromatic carbocycles. The van der Waals surface area contributed by atoms with Crippen LogP contribution in [0.15, 0.2) is 82.2 Å². The van der Waals surface area contributed by atoms with Gasteiger partial charge in [-0.3, -0.25) is 9.52 Å². The van der Waals surface area contributed by atoms with Gasteiger partial charge in [0.1, 0.15) is 0 Å². The van der Waals surface area contributed by atoms with Crippen LogP contribution >= 0.6 is 15.9 Å². The SMILES string of the molecule is COC(=O)c1cccc(NC(=O)c2cccc(NS(=O)(=O)c3ccc(Br)cc3)c2)c1. The summed E-state index contributed by atoms with van der Waals surface area (Å²) in [6, 6.07) is 18.6. The second kappa shape index (κ2) is 9.10. The zero-order chi connectivity index (χ0) is 21.7. The molecular weight excluding hydrogens is 472 g/mol. The van der Waals surface area contributed by atoms with Gasteiger partial charge in [0, 0.05) is 21.4 Å². The van der Waals surface area contributed by atoms with E-state index >= 15 is 0 Å². The van der Waals surface area contributed by atoms with Crippen LogP contribution in [0, 0.1) is 0 Å². The topological polar surface area (TPSA) is 102 Å². The molecule has 0 aliphatic carbocycles. The first-order valence-electron chi connectivity index (χ1n) is 8.67. The Balaban J connectivity index is 1.77. The number of hydrogen-bond acceptors (Lipinski definition) is 5. The number of benzene rings is 3. The van der Waals surface area contributed by atoms with Crippen LogP contribution in [0.4, 0.5) is 11.4 Å². The molecule has 2 N–H and O–H groups in total. The van der Waals surface area contributed by atoms with Crippen molar-refractivity contribution in [1.29, 1.82) is 0 Å². The highest BCUT2D eigenvalue weighted by Gasteiger charge is 2.15. The van der Waals surface area contributed by atoms with Crippen molar-refractivity contribution in [3.63, 3.8) is 0 Å². The fourth-order valence-electron chi connectivity index (χ4n) is 2.60. The summed E-state index contributed by atoms with van der Waals surface area (Å²) >= 11 is 3.26. The van der Waals surface area contributed by atoms with E-state index in [-0.39, 0.29) is 16.1 Å². The van der Waals surface area contributed by atoms with Gasteiger partial charge in [0.05, 0.1) is 17.6 Å². The van der Waals surface area contributed by atoms with Crippen molar-refractivity contribution in [2.75, 3.05) is 17.1 Å². The van der Waals surface area contributed by atoms with Crippen LogP contribution < -0.4 is 10.0 Å². The monoisotopic (exact) mass is 488 g/mol. The van der Waals surface area contributed by atoms with Crippen LogP contribution in [-0.4, -0.2) is 27.4 Å². The number of carbonyl (C=O) groups excluding carboxylic acids is 2. The van der Waals surface area contributed by atoms with Crippen molar-refractivity contribution in [3.8, 4) is 0 Å². The Morgan fingerprint density at radius 1 is 0.867 bits per heavy atom. The summed E-state index contributed by atoms with van der Waals surface area (Å²) in [4.78, 5) is 24.3. The lowest BCUT2D eigenvalue weighted by Gasteiger charge is -2.10. The second-order valence-electron chi connectivity index (χ2n) is 6.17. The molecule has 0 fully saturated rings. The van der Waals surface area contributed by atoms with Crippen molar-refractivity contribution >= 4 is 49.2 Å². The summed E-state index contributed by atoms with van der Waals surface area (Å²) < 4.78 is 33.0. The van der Waals surface area contributed by atoms with Gasteiger partial charge < -0.3 is 10.1 Å². The number of methoxy groups -OCH3 is 1. The van der Waals surface area contributed by atoms with Gasteiger partial charge in [0.15, 0.2) is 0 Å².